The number of methoxy groups -OCH3 is 1. The summed E-state index contributed by atoms with van der Waals surface area (Å²) >= 11 is 0. The van der Waals surface area contributed by atoms with Crippen molar-refractivity contribution in [3.05, 3.63) is 12.5 Å². The number of carbonyl (C=O) groups excluding carboxylic acids is 1. The van der Waals surface area contributed by atoms with Gasteiger partial charge in [0.05, 0.1) is 26.6 Å². The molecule has 0 amide bonds. The first-order valence-corrected chi connectivity index (χ1v) is 7.06. The number of rotatable bonds is 3. The minimum Gasteiger partial charge on any atom is -0.467 e. The molecule has 9 heteroatoms. The SMILES string of the molecule is COC(=O)C1CN(S(=O)(=O)c2cn(C)cn2)CCO1. The Kier molecular flexibility index (Phi) is 3.88. The molecule has 0 aliphatic carbocycles. The zero-order chi connectivity index (χ0) is 14.0. The highest BCUT2D eigenvalue weighted by Gasteiger charge is 2.35. The zero-order valence-corrected chi connectivity index (χ0v) is 11.5. The van der Waals surface area contributed by atoms with Crippen LogP contribution in [0.15, 0.2) is 17.6 Å². The molecule has 0 radical (unpaired) electrons. The van der Waals surface area contributed by atoms with E-state index in [1.807, 2.05) is 0 Å². The van der Waals surface area contributed by atoms with Gasteiger partial charge in [-0.15, -0.1) is 0 Å². The third kappa shape index (κ3) is 2.77. The van der Waals surface area contributed by atoms with Crippen LogP contribution in [0.25, 0.3) is 0 Å². The molecule has 1 fully saturated rings. The van der Waals surface area contributed by atoms with E-state index in [1.165, 1.54) is 23.9 Å². The van der Waals surface area contributed by atoms with Crippen molar-refractivity contribution in [3.8, 4) is 0 Å². The van der Waals surface area contributed by atoms with E-state index in [1.54, 1.807) is 11.6 Å². The first kappa shape index (κ1) is 14.0. The van der Waals surface area contributed by atoms with E-state index in [4.69, 9.17) is 4.74 Å². The number of hydrogen-bond acceptors (Lipinski definition) is 6. The van der Waals surface area contributed by atoms with Gasteiger partial charge in [0.2, 0.25) is 0 Å². The molecule has 8 nitrogen and oxygen atoms in total. The Morgan fingerprint density at radius 3 is 2.89 bits per heavy atom. The first-order chi connectivity index (χ1) is 8.95. The Hall–Kier alpha value is -1.45. The zero-order valence-electron chi connectivity index (χ0n) is 10.6. The number of esters is 1. The van der Waals surface area contributed by atoms with Crippen LogP contribution in [0, 0.1) is 0 Å². The first-order valence-electron chi connectivity index (χ1n) is 5.62. The van der Waals surface area contributed by atoms with Crippen LogP contribution in [0.4, 0.5) is 0 Å². The minimum atomic E-state index is -3.70. The average Bonchev–Trinajstić information content (AvgIpc) is 2.85. The maximum atomic E-state index is 12.3. The predicted octanol–water partition coefficient (Wildman–Crippen LogP) is -1.02. The molecule has 1 aliphatic rings. The third-order valence-corrected chi connectivity index (χ3v) is 4.53. The second-order valence-electron chi connectivity index (χ2n) is 4.12. The largest absolute Gasteiger partial charge is 0.467 e. The molecular weight excluding hydrogens is 274 g/mol. The molecule has 0 spiro atoms. The number of sulfonamides is 1. The van der Waals surface area contributed by atoms with Gasteiger partial charge in [-0.3, -0.25) is 0 Å². The van der Waals surface area contributed by atoms with Gasteiger partial charge in [0.1, 0.15) is 0 Å². The van der Waals surface area contributed by atoms with E-state index < -0.39 is 22.1 Å². The van der Waals surface area contributed by atoms with Crippen LogP contribution in [0.5, 0.6) is 0 Å². The summed E-state index contributed by atoms with van der Waals surface area (Å²) < 4.78 is 37.1. The topological polar surface area (TPSA) is 90.7 Å². The van der Waals surface area contributed by atoms with Crippen molar-refractivity contribution in [1.29, 1.82) is 0 Å². The molecule has 19 heavy (non-hydrogen) atoms. The second kappa shape index (κ2) is 5.27. The van der Waals surface area contributed by atoms with Crippen molar-refractivity contribution in [2.75, 3.05) is 26.8 Å². The maximum Gasteiger partial charge on any atom is 0.336 e. The van der Waals surface area contributed by atoms with E-state index in [9.17, 15) is 13.2 Å². The van der Waals surface area contributed by atoms with Gasteiger partial charge in [-0.05, 0) is 0 Å². The Labute approximate surface area is 111 Å². The van der Waals surface area contributed by atoms with Gasteiger partial charge in [-0.1, -0.05) is 0 Å². The summed E-state index contributed by atoms with van der Waals surface area (Å²) in [6.07, 6.45) is 1.93. The summed E-state index contributed by atoms with van der Waals surface area (Å²) in [5, 5.41) is -0.0412. The maximum absolute atomic E-state index is 12.3. The van der Waals surface area contributed by atoms with Gasteiger partial charge < -0.3 is 14.0 Å². The molecule has 1 aromatic rings. The van der Waals surface area contributed by atoms with Gasteiger partial charge >= 0.3 is 5.97 Å². The molecule has 1 aliphatic heterocycles. The molecule has 1 atom stereocenters. The fourth-order valence-corrected chi connectivity index (χ4v) is 3.16. The summed E-state index contributed by atoms with van der Waals surface area (Å²) in [6, 6.07) is 0. The third-order valence-electron chi connectivity index (χ3n) is 2.78. The Morgan fingerprint density at radius 1 is 1.58 bits per heavy atom. The van der Waals surface area contributed by atoms with Crippen LogP contribution < -0.4 is 0 Å². The molecule has 2 heterocycles. The summed E-state index contributed by atoms with van der Waals surface area (Å²) in [5.41, 5.74) is 0. The van der Waals surface area contributed by atoms with Crippen LogP contribution in [0.3, 0.4) is 0 Å². The van der Waals surface area contributed by atoms with Gasteiger partial charge in [0.15, 0.2) is 11.1 Å². The number of aromatic nitrogens is 2. The number of carbonyl (C=O) groups is 1. The number of morpholine rings is 1. The van der Waals surface area contributed by atoms with Crippen LogP contribution in [0.1, 0.15) is 0 Å². The number of hydrogen-bond donors (Lipinski definition) is 0. The lowest BCUT2D eigenvalue weighted by Gasteiger charge is -2.29. The second-order valence-corrected chi connectivity index (χ2v) is 6.01. The van der Waals surface area contributed by atoms with E-state index >= 15 is 0 Å². The lowest BCUT2D eigenvalue weighted by Crippen LogP contribution is -2.48. The van der Waals surface area contributed by atoms with Gasteiger partial charge in [-0.25, -0.2) is 18.2 Å². The molecule has 1 aromatic heterocycles. The van der Waals surface area contributed by atoms with E-state index in [2.05, 4.69) is 9.72 Å². The van der Waals surface area contributed by atoms with Gasteiger partial charge in [0, 0.05) is 19.8 Å². The highest BCUT2D eigenvalue weighted by molar-refractivity contribution is 7.89. The molecule has 2 rings (SSSR count). The quantitative estimate of drug-likeness (QED) is 0.662. The normalized spacial score (nSPS) is 21.3. The van der Waals surface area contributed by atoms with Gasteiger partial charge in [-0.2, -0.15) is 4.31 Å². The van der Waals surface area contributed by atoms with Crippen molar-refractivity contribution < 1.29 is 22.7 Å². The fourth-order valence-electron chi connectivity index (χ4n) is 1.77. The van der Waals surface area contributed by atoms with Crippen LogP contribution >= 0.6 is 0 Å². The van der Waals surface area contributed by atoms with E-state index in [0.29, 0.717) is 0 Å². The number of aryl methyl sites for hydroxylation is 1. The Bertz CT molecular complexity index is 567. The van der Waals surface area contributed by atoms with Crippen molar-refractivity contribution in [1.82, 2.24) is 13.9 Å². The molecule has 0 saturated carbocycles. The number of nitrogens with zero attached hydrogens (tertiary/aromatic N) is 3. The molecule has 106 valence electrons. The predicted molar refractivity (Wildman–Crippen MR) is 63.7 cm³/mol. The lowest BCUT2D eigenvalue weighted by molar-refractivity contribution is -0.157. The molecule has 1 saturated heterocycles. The molecule has 0 N–H and O–H groups in total. The van der Waals surface area contributed by atoms with Gasteiger partial charge in [0.25, 0.3) is 10.0 Å². The minimum absolute atomic E-state index is 0.0412. The fraction of sp³-hybridized carbons (Fsp3) is 0.600. The van der Waals surface area contributed by atoms with Crippen LogP contribution in [0.2, 0.25) is 0 Å². The number of ether oxygens (including phenoxy) is 2. The Morgan fingerprint density at radius 2 is 2.32 bits per heavy atom. The lowest BCUT2D eigenvalue weighted by atomic mass is 10.3. The van der Waals surface area contributed by atoms with Crippen molar-refractivity contribution in [2.45, 2.75) is 11.1 Å². The smallest absolute Gasteiger partial charge is 0.336 e. The molecule has 0 bridgehead atoms. The number of imidazole rings is 1. The average molecular weight is 289 g/mol. The van der Waals surface area contributed by atoms with Crippen LogP contribution in [-0.2, 0) is 31.3 Å². The molecule has 0 aromatic carbocycles. The standard InChI is InChI=1S/C10H15N3O5S/c1-12-6-9(11-7-12)19(15,16)13-3-4-18-8(5-13)10(14)17-2/h6-8H,3-5H2,1-2H3. The van der Waals surface area contributed by atoms with Crippen molar-refractivity contribution in [2.24, 2.45) is 7.05 Å². The van der Waals surface area contributed by atoms with E-state index in [-0.39, 0.29) is 24.7 Å². The van der Waals surface area contributed by atoms with Crippen molar-refractivity contribution in [3.63, 3.8) is 0 Å². The molecule has 1 unspecified atom stereocenters. The summed E-state index contributed by atoms with van der Waals surface area (Å²) in [4.78, 5) is 15.2. The highest BCUT2D eigenvalue weighted by Crippen LogP contribution is 2.17. The van der Waals surface area contributed by atoms with Crippen molar-refractivity contribution >= 4 is 16.0 Å². The summed E-state index contributed by atoms with van der Waals surface area (Å²) in [6.45, 7) is 0.268. The highest BCUT2D eigenvalue weighted by atomic mass is 32.2. The Balaban J connectivity index is 2.19. The summed E-state index contributed by atoms with van der Waals surface area (Å²) in [5.74, 6) is -0.582. The molecular formula is C10H15N3O5S. The summed E-state index contributed by atoms with van der Waals surface area (Å²) in [7, 11) is -0.785. The van der Waals surface area contributed by atoms with Crippen LogP contribution in [-0.4, -0.2) is 61.2 Å². The monoisotopic (exact) mass is 289 g/mol. The van der Waals surface area contributed by atoms with E-state index in [0.717, 1.165) is 0 Å².